The van der Waals surface area contributed by atoms with Gasteiger partial charge in [-0.1, -0.05) is 18.5 Å². The number of nitrogens with one attached hydrogen (secondary N) is 1. The molecule has 1 aromatic rings. The van der Waals surface area contributed by atoms with Gasteiger partial charge in [0.05, 0.1) is 0 Å². The van der Waals surface area contributed by atoms with Crippen molar-refractivity contribution >= 4 is 17.5 Å². The number of aromatic nitrogens is 1. The lowest BCUT2D eigenvalue weighted by atomic mass is 10.2. The molecule has 0 aromatic carbocycles. The number of aryl methyl sites for hydroxylation is 1. The molecular weight excluding hydrogens is 214 g/mol. The number of amides is 1. The Morgan fingerprint density at radius 3 is 2.93 bits per heavy atom. The van der Waals surface area contributed by atoms with Crippen LogP contribution < -0.4 is 11.1 Å². The summed E-state index contributed by atoms with van der Waals surface area (Å²) in [6.07, 6.45) is 0.748. The van der Waals surface area contributed by atoms with Crippen LogP contribution in [0.15, 0.2) is 12.1 Å². The molecule has 0 bridgehead atoms. The lowest BCUT2D eigenvalue weighted by Crippen LogP contribution is -2.29. The summed E-state index contributed by atoms with van der Waals surface area (Å²) in [5.74, 6) is -0.167. The molecule has 1 aromatic heterocycles. The number of halogens is 1. The number of carbonyl (C=O) groups excluding carboxylic acids is 1. The molecule has 0 saturated carbocycles. The van der Waals surface area contributed by atoms with Crippen molar-refractivity contribution in [1.82, 2.24) is 10.3 Å². The SMILES string of the molecule is CCc1cc(C(=O)NCCN)cc(Cl)n1. The summed E-state index contributed by atoms with van der Waals surface area (Å²) in [6, 6.07) is 3.28. The maximum absolute atomic E-state index is 11.6. The average molecular weight is 228 g/mol. The second kappa shape index (κ2) is 5.68. The highest BCUT2D eigenvalue weighted by atomic mass is 35.5. The molecular formula is C10H14ClN3O. The van der Waals surface area contributed by atoms with Crippen molar-refractivity contribution in [2.45, 2.75) is 13.3 Å². The Hall–Kier alpha value is -1.13. The fraction of sp³-hybridized carbons (Fsp3) is 0.400. The second-order valence-electron chi connectivity index (χ2n) is 3.07. The number of pyridine rings is 1. The molecule has 0 unspecified atom stereocenters. The van der Waals surface area contributed by atoms with E-state index in [1.165, 1.54) is 0 Å². The van der Waals surface area contributed by atoms with Gasteiger partial charge in [0.2, 0.25) is 0 Å². The van der Waals surface area contributed by atoms with E-state index in [9.17, 15) is 4.79 Å². The van der Waals surface area contributed by atoms with Crippen LogP contribution in [-0.4, -0.2) is 24.0 Å². The third-order valence-corrected chi connectivity index (χ3v) is 2.10. The topological polar surface area (TPSA) is 68.0 Å². The van der Waals surface area contributed by atoms with Gasteiger partial charge < -0.3 is 11.1 Å². The van der Waals surface area contributed by atoms with Crippen LogP contribution in [0.2, 0.25) is 5.15 Å². The summed E-state index contributed by atoms with van der Waals surface area (Å²) in [7, 11) is 0. The van der Waals surface area contributed by atoms with Gasteiger partial charge in [0.15, 0.2) is 0 Å². The molecule has 0 atom stereocenters. The third-order valence-electron chi connectivity index (χ3n) is 1.90. The van der Waals surface area contributed by atoms with E-state index in [2.05, 4.69) is 10.3 Å². The number of rotatable bonds is 4. The molecule has 0 aliphatic rings. The Kier molecular flexibility index (Phi) is 4.52. The van der Waals surface area contributed by atoms with Crippen LogP contribution in [0, 0.1) is 0 Å². The third kappa shape index (κ3) is 3.49. The Morgan fingerprint density at radius 2 is 2.33 bits per heavy atom. The molecule has 5 heteroatoms. The Balaban J connectivity index is 2.83. The Morgan fingerprint density at radius 1 is 1.60 bits per heavy atom. The smallest absolute Gasteiger partial charge is 0.251 e. The van der Waals surface area contributed by atoms with E-state index >= 15 is 0 Å². The van der Waals surface area contributed by atoms with E-state index in [1.54, 1.807) is 12.1 Å². The van der Waals surface area contributed by atoms with Crippen LogP contribution in [0.3, 0.4) is 0 Å². The van der Waals surface area contributed by atoms with E-state index < -0.39 is 0 Å². The fourth-order valence-corrected chi connectivity index (χ4v) is 1.38. The van der Waals surface area contributed by atoms with Crippen LogP contribution >= 0.6 is 11.6 Å². The van der Waals surface area contributed by atoms with Gasteiger partial charge >= 0.3 is 0 Å². The van der Waals surface area contributed by atoms with E-state index in [0.717, 1.165) is 12.1 Å². The van der Waals surface area contributed by atoms with Crippen LogP contribution in [0.5, 0.6) is 0 Å². The summed E-state index contributed by atoms with van der Waals surface area (Å²) >= 11 is 5.79. The first-order valence-electron chi connectivity index (χ1n) is 4.82. The minimum atomic E-state index is -0.167. The average Bonchev–Trinajstić information content (AvgIpc) is 2.24. The highest BCUT2D eigenvalue weighted by Crippen LogP contribution is 2.11. The van der Waals surface area contributed by atoms with E-state index in [1.807, 2.05) is 6.92 Å². The van der Waals surface area contributed by atoms with Crippen molar-refractivity contribution < 1.29 is 4.79 Å². The molecule has 1 amide bonds. The molecule has 0 spiro atoms. The quantitative estimate of drug-likeness (QED) is 0.754. The summed E-state index contributed by atoms with van der Waals surface area (Å²) in [6.45, 7) is 2.84. The summed E-state index contributed by atoms with van der Waals surface area (Å²) in [5, 5.41) is 3.02. The maximum atomic E-state index is 11.6. The summed E-state index contributed by atoms with van der Waals surface area (Å²) in [5.41, 5.74) is 6.62. The molecule has 1 rings (SSSR count). The van der Waals surface area contributed by atoms with Gasteiger partial charge in [-0.3, -0.25) is 4.79 Å². The number of nitrogens with two attached hydrogens (primary N) is 1. The van der Waals surface area contributed by atoms with Gasteiger partial charge in [0.1, 0.15) is 5.15 Å². The minimum Gasteiger partial charge on any atom is -0.351 e. The molecule has 0 aliphatic carbocycles. The Labute approximate surface area is 93.8 Å². The molecule has 0 radical (unpaired) electrons. The standard InChI is InChI=1S/C10H14ClN3O/c1-2-8-5-7(6-9(11)14-8)10(15)13-4-3-12/h5-6H,2-4,12H2,1H3,(H,13,15). The molecule has 3 N–H and O–H groups in total. The first-order chi connectivity index (χ1) is 7.17. The second-order valence-corrected chi connectivity index (χ2v) is 3.46. The molecule has 4 nitrogen and oxygen atoms in total. The summed E-state index contributed by atoms with van der Waals surface area (Å²) in [4.78, 5) is 15.6. The highest BCUT2D eigenvalue weighted by Gasteiger charge is 2.07. The van der Waals surface area contributed by atoms with E-state index in [-0.39, 0.29) is 5.91 Å². The van der Waals surface area contributed by atoms with Gasteiger partial charge in [0, 0.05) is 24.3 Å². The van der Waals surface area contributed by atoms with Gasteiger partial charge in [-0.15, -0.1) is 0 Å². The van der Waals surface area contributed by atoms with Crippen LogP contribution in [-0.2, 0) is 6.42 Å². The van der Waals surface area contributed by atoms with Gasteiger partial charge in [-0.05, 0) is 18.6 Å². The summed E-state index contributed by atoms with van der Waals surface area (Å²) < 4.78 is 0. The predicted octanol–water partition coefficient (Wildman–Crippen LogP) is 0.986. The predicted molar refractivity (Wildman–Crippen MR) is 60.0 cm³/mol. The van der Waals surface area contributed by atoms with Crippen molar-refractivity contribution in [2.24, 2.45) is 5.73 Å². The number of carbonyl (C=O) groups is 1. The van der Waals surface area contributed by atoms with Crippen molar-refractivity contribution in [1.29, 1.82) is 0 Å². The molecule has 0 fully saturated rings. The fourth-order valence-electron chi connectivity index (χ4n) is 1.15. The van der Waals surface area contributed by atoms with Crippen molar-refractivity contribution in [2.75, 3.05) is 13.1 Å². The highest BCUT2D eigenvalue weighted by molar-refractivity contribution is 6.29. The molecule has 1 heterocycles. The Bertz CT molecular complexity index is 355. The number of hydrogen-bond acceptors (Lipinski definition) is 3. The zero-order valence-electron chi connectivity index (χ0n) is 8.59. The number of nitrogens with zero attached hydrogens (tertiary/aromatic N) is 1. The van der Waals surface area contributed by atoms with Crippen molar-refractivity contribution in [3.05, 3.63) is 28.5 Å². The monoisotopic (exact) mass is 227 g/mol. The van der Waals surface area contributed by atoms with Gasteiger partial charge in [-0.25, -0.2) is 4.98 Å². The van der Waals surface area contributed by atoms with Crippen molar-refractivity contribution in [3.8, 4) is 0 Å². The minimum absolute atomic E-state index is 0.167. The normalized spacial score (nSPS) is 10.1. The first kappa shape index (κ1) is 11.9. The zero-order chi connectivity index (χ0) is 11.3. The maximum Gasteiger partial charge on any atom is 0.251 e. The lowest BCUT2D eigenvalue weighted by molar-refractivity contribution is 0.0954. The molecule has 0 saturated heterocycles. The van der Waals surface area contributed by atoms with Crippen LogP contribution in [0.1, 0.15) is 23.0 Å². The molecule has 82 valence electrons. The first-order valence-corrected chi connectivity index (χ1v) is 5.20. The van der Waals surface area contributed by atoms with E-state index in [0.29, 0.717) is 23.8 Å². The van der Waals surface area contributed by atoms with E-state index in [4.69, 9.17) is 17.3 Å². The van der Waals surface area contributed by atoms with Crippen LogP contribution in [0.25, 0.3) is 0 Å². The lowest BCUT2D eigenvalue weighted by Gasteiger charge is -2.05. The number of hydrogen-bond donors (Lipinski definition) is 2. The zero-order valence-corrected chi connectivity index (χ0v) is 9.34. The largest absolute Gasteiger partial charge is 0.351 e. The van der Waals surface area contributed by atoms with Crippen molar-refractivity contribution in [3.63, 3.8) is 0 Å². The van der Waals surface area contributed by atoms with Gasteiger partial charge in [-0.2, -0.15) is 0 Å². The molecule has 0 aliphatic heterocycles. The van der Waals surface area contributed by atoms with Gasteiger partial charge in [0.25, 0.3) is 5.91 Å². The van der Waals surface area contributed by atoms with Crippen LogP contribution in [0.4, 0.5) is 0 Å². The molecule has 15 heavy (non-hydrogen) atoms.